The van der Waals surface area contributed by atoms with Crippen LogP contribution in [0.3, 0.4) is 0 Å². The summed E-state index contributed by atoms with van der Waals surface area (Å²) in [4.78, 5) is 37.1. The SMILES string of the molecule is CCOC(=O)CN1C(=O)S/C(=C/c2cc(Cl)c(OC(C)C)c(OC)c2)C1=O. The number of ether oxygens (including phenoxy) is 3. The zero-order valence-electron chi connectivity index (χ0n) is 15.4. The highest BCUT2D eigenvalue weighted by Gasteiger charge is 2.36. The molecule has 1 aliphatic heterocycles. The first-order valence-electron chi connectivity index (χ1n) is 8.22. The van der Waals surface area contributed by atoms with Gasteiger partial charge in [0.1, 0.15) is 6.54 Å². The first-order chi connectivity index (χ1) is 12.8. The Hall–Kier alpha value is -2.19. The Bertz CT molecular complexity index is 792. The smallest absolute Gasteiger partial charge is 0.326 e. The van der Waals surface area contributed by atoms with E-state index in [-0.39, 0.29) is 17.6 Å². The molecule has 7 nitrogen and oxygen atoms in total. The van der Waals surface area contributed by atoms with Crippen LogP contribution in [-0.2, 0) is 14.3 Å². The van der Waals surface area contributed by atoms with Gasteiger partial charge in [0, 0.05) is 0 Å². The van der Waals surface area contributed by atoms with Gasteiger partial charge in [-0.15, -0.1) is 0 Å². The number of halogens is 1. The molecule has 0 radical (unpaired) electrons. The molecule has 1 heterocycles. The van der Waals surface area contributed by atoms with E-state index >= 15 is 0 Å². The topological polar surface area (TPSA) is 82.1 Å². The Morgan fingerprint density at radius 2 is 2.04 bits per heavy atom. The van der Waals surface area contributed by atoms with E-state index in [9.17, 15) is 14.4 Å². The minimum absolute atomic E-state index is 0.0957. The number of amides is 2. The fourth-order valence-electron chi connectivity index (χ4n) is 2.30. The van der Waals surface area contributed by atoms with E-state index in [0.717, 1.165) is 16.7 Å². The summed E-state index contributed by atoms with van der Waals surface area (Å²) in [5.41, 5.74) is 0.564. The summed E-state index contributed by atoms with van der Waals surface area (Å²) in [7, 11) is 1.48. The van der Waals surface area contributed by atoms with Gasteiger partial charge in [-0.1, -0.05) is 11.6 Å². The van der Waals surface area contributed by atoms with E-state index in [0.29, 0.717) is 22.1 Å². The van der Waals surface area contributed by atoms with E-state index < -0.39 is 23.7 Å². The number of nitrogens with zero attached hydrogens (tertiary/aromatic N) is 1. The van der Waals surface area contributed by atoms with Gasteiger partial charge >= 0.3 is 5.97 Å². The summed E-state index contributed by atoms with van der Waals surface area (Å²) in [6, 6.07) is 3.27. The molecule has 1 aliphatic rings. The van der Waals surface area contributed by atoms with Crippen molar-refractivity contribution in [1.82, 2.24) is 4.90 Å². The van der Waals surface area contributed by atoms with Crippen LogP contribution in [-0.4, -0.2) is 48.4 Å². The quantitative estimate of drug-likeness (QED) is 0.497. The van der Waals surface area contributed by atoms with Crippen molar-refractivity contribution in [2.24, 2.45) is 0 Å². The molecule has 1 fully saturated rings. The molecule has 27 heavy (non-hydrogen) atoms. The third-order valence-electron chi connectivity index (χ3n) is 3.37. The zero-order chi connectivity index (χ0) is 20.1. The van der Waals surface area contributed by atoms with Gasteiger partial charge in [0.15, 0.2) is 11.5 Å². The minimum atomic E-state index is -0.638. The van der Waals surface area contributed by atoms with Gasteiger partial charge in [-0.2, -0.15) is 0 Å². The number of methoxy groups -OCH3 is 1. The third-order valence-corrected chi connectivity index (χ3v) is 4.56. The maximum Gasteiger partial charge on any atom is 0.326 e. The van der Waals surface area contributed by atoms with Crippen molar-refractivity contribution in [3.05, 3.63) is 27.6 Å². The summed E-state index contributed by atoms with van der Waals surface area (Å²) >= 11 is 7.02. The fraction of sp³-hybridized carbons (Fsp3) is 0.389. The van der Waals surface area contributed by atoms with E-state index in [1.54, 1.807) is 19.1 Å². The summed E-state index contributed by atoms with van der Waals surface area (Å²) in [6.45, 7) is 5.14. The van der Waals surface area contributed by atoms with Crippen molar-refractivity contribution in [3.8, 4) is 11.5 Å². The third kappa shape index (κ3) is 5.17. The second-order valence-corrected chi connectivity index (χ2v) is 7.17. The summed E-state index contributed by atoms with van der Waals surface area (Å²) in [6.07, 6.45) is 1.42. The molecule has 9 heteroatoms. The Labute approximate surface area is 166 Å². The molecular weight excluding hydrogens is 394 g/mol. The number of imide groups is 1. The maximum atomic E-state index is 12.4. The van der Waals surface area contributed by atoms with Crippen LogP contribution in [0.5, 0.6) is 11.5 Å². The molecule has 2 amide bonds. The Morgan fingerprint density at radius 1 is 1.33 bits per heavy atom. The summed E-state index contributed by atoms with van der Waals surface area (Å²) < 4.78 is 15.7. The van der Waals surface area contributed by atoms with Gasteiger partial charge in [0.2, 0.25) is 0 Å². The van der Waals surface area contributed by atoms with E-state index in [4.69, 9.17) is 25.8 Å². The first-order valence-corrected chi connectivity index (χ1v) is 9.41. The molecule has 146 valence electrons. The molecule has 0 N–H and O–H groups in total. The van der Waals surface area contributed by atoms with Crippen molar-refractivity contribution in [2.75, 3.05) is 20.3 Å². The number of benzene rings is 1. The first kappa shape index (κ1) is 21.1. The number of rotatable bonds is 7. The van der Waals surface area contributed by atoms with Crippen LogP contribution in [0.25, 0.3) is 6.08 Å². The molecular formula is C18H20ClNO6S. The number of hydrogen-bond acceptors (Lipinski definition) is 7. The van der Waals surface area contributed by atoms with Crippen molar-refractivity contribution in [1.29, 1.82) is 0 Å². The van der Waals surface area contributed by atoms with Gasteiger partial charge in [0.25, 0.3) is 11.1 Å². The second kappa shape index (κ2) is 9.14. The lowest BCUT2D eigenvalue weighted by molar-refractivity contribution is -0.145. The lowest BCUT2D eigenvalue weighted by Crippen LogP contribution is -2.34. The Balaban J connectivity index is 2.28. The van der Waals surface area contributed by atoms with E-state index in [1.807, 2.05) is 13.8 Å². The van der Waals surface area contributed by atoms with Gasteiger partial charge in [-0.3, -0.25) is 19.3 Å². The molecule has 1 aromatic rings. The van der Waals surface area contributed by atoms with E-state index in [2.05, 4.69) is 0 Å². The van der Waals surface area contributed by atoms with Crippen LogP contribution in [0.15, 0.2) is 17.0 Å². The van der Waals surface area contributed by atoms with Crippen molar-refractivity contribution >= 4 is 46.6 Å². The van der Waals surface area contributed by atoms with Crippen LogP contribution >= 0.6 is 23.4 Å². The predicted octanol–water partition coefficient (Wildman–Crippen LogP) is 3.74. The van der Waals surface area contributed by atoms with Crippen LogP contribution in [0.2, 0.25) is 5.02 Å². The Kier molecular flexibility index (Phi) is 7.15. The molecule has 2 rings (SSSR count). The molecule has 0 atom stereocenters. The molecule has 0 spiro atoms. The normalized spacial score (nSPS) is 15.6. The highest BCUT2D eigenvalue weighted by Crippen LogP contribution is 2.39. The average molecular weight is 414 g/mol. The van der Waals surface area contributed by atoms with E-state index in [1.165, 1.54) is 13.2 Å². The lowest BCUT2D eigenvalue weighted by Gasteiger charge is -2.15. The van der Waals surface area contributed by atoms with Gasteiger partial charge in [0.05, 0.1) is 29.7 Å². The molecule has 1 saturated heterocycles. The fourth-order valence-corrected chi connectivity index (χ4v) is 3.40. The average Bonchev–Trinajstić information content (AvgIpc) is 2.84. The Morgan fingerprint density at radius 3 is 2.63 bits per heavy atom. The molecule has 0 aromatic heterocycles. The largest absolute Gasteiger partial charge is 0.493 e. The molecule has 0 aliphatic carbocycles. The zero-order valence-corrected chi connectivity index (χ0v) is 17.0. The van der Waals surface area contributed by atoms with Gasteiger partial charge < -0.3 is 14.2 Å². The molecule has 0 unspecified atom stereocenters. The number of carbonyl (C=O) groups is 3. The van der Waals surface area contributed by atoms with Crippen LogP contribution < -0.4 is 9.47 Å². The maximum absolute atomic E-state index is 12.4. The number of thioether (sulfide) groups is 1. The number of esters is 1. The van der Waals surface area contributed by atoms with Crippen molar-refractivity contribution < 1.29 is 28.6 Å². The number of carbonyl (C=O) groups excluding carboxylic acids is 3. The van der Waals surface area contributed by atoms with Crippen LogP contribution in [0, 0.1) is 0 Å². The molecule has 0 saturated carbocycles. The van der Waals surface area contributed by atoms with Crippen molar-refractivity contribution in [2.45, 2.75) is 26.9 Å². The predicted molar refractivity (Wildman–Crippen MR) is 103 cm³/mol. The highest BCUT2D eigenvalue weighted by atomic mass is 35.5. The van der Waals surface area contributed by atoms with Crippen LogP contribution in [0.4, 0.5) is 4.79 Å². The number of hydrogen-bond donors (Lipinski definition) is 0. The summed E-state index contributed by atoms with van der Waals surface area (Å²) in [5.74, 6) is -0.383. The second-order valence-electron chi connectivity index (χ2n) is 5.77. The lowest BCUT2D eigenvalue weighted by atomic mass is 10.1. The van der Waals surface area contributed by atoms with Gasteiger partial charge in [-0.25, -0.2) is 0 Å². The minimum Gasteiger partial charge on any atom is -0.493 e. The van der Waals surface area contributed by atoms with Gasteiger partial charge in [-0.05, 0) is 56.3 Å². The van der Waals surface area contributed by atoms with Crippen molar-refractivity contribution in [3.63, 3.8) is 0 Å². The summed E-state index contributed by atoms with van der Waals surface area (Å²) in [5, 5.41) is -0.211. The van der Waals surface area contributed by atoms with Crippen LogP contribution in [0.1, 0.15) is 26.3 Å². The monoisotopic (exact) mass is 413 g/mol. The standard InChI is InChI=1S/C18H20ClNO6S/c1-5-25-15(21)9-20-17(22)14(27-18(20)23)8-11-6-12(19)16(26-10(2)3)13(7-11)24-4/h6-8,10H,5,9H2,1-4H3/b14-8+. The molecule has 1 aromatic carbocycles. The molecule has 0 bridgehead atoms. The highest BCUT2D eigenvalue weighted by molar-refractivity contribution is 8.18.